The van der Waals surface area contributed by atoms with Gasteiger partial charge in [-0.15, -0.1) is 11.3 Å². The zero-order valence-corrected chi connectivity index (χ0v) is 11.5. The van der Waals surface area contributed by atoms with Crippen LogP contribution in [0.4, 0.5) is 5.82 Å². The summed E-state index contributed by atoms with van der Waals surface area (Å²) in [5.41, 5.74) is 1.07. The van der Waals surface area contributed by atoms with Gasteiger partial charge in [0.25, 0.3) is 0 Å². The second kappa shape index (κ2) is 5.77. The quantitative estimate of drug-likeness (QED) is 0.899. The van der Waals surface area contributed by atoms with Gasteiger partial charge >= 0.3 is 0 Å². The van der Waals surface area contributed by atoms with E-state index in [0.29, 0.717) is 12.5 Å². The molecule has 2 aromatic rings. The minimum atomic E-state index is 0.590. The lowest BCUT2D eigenvalue weighted by Crippen LogP contribution is -2.02. The molecule has 2 aromatic heterocycles. The van der Waals surface area contributed by atoms with Gasteiger partial charge in [-0.2, -0.15) is 0 Å². The molecule has 0 amide bonds. The summed E-state index contributed by atoms with van der Waals surface area (Å²) in [5, 5.41) is 4.34. The van der Waals surface area contributed by atoms with Gasteiger partial charge < -0.3 is 10.1 Å². The van der Waals surface area contributed by atoms with Crippen LogP contribution < -0.4 is 10.1 Å². The molecule has 0 aliphatic carbocycles. The minimum Gasteiger partial charge on any atom is -0.478 e. The molecule has 0 fully saturated rings. The largest absolute Gasteiger partial charge is 0.478 e. The molecule has 5 nitrogen and oxygen atoms in total. The molecule has 0 radical (unpaired) electrons. The number of thiazole rings is 1. The Labute approximate surface area is 110 Å². The molecule has 1 N–H and O–H groups in total. The molecule has 96 valence electrons. The Kier molecular flexibility index (Phi) is 4.09. The van der Waals surface area contributed by atoms with Gasteiger partial charge in [-0.05, 0) is 20.8 Å². The molecule has 2 heterocycles. The van der Waals surface area contributed by atoms with Crippen LogP contribution in [0.3, 0.4) is 0 Å². The second-order valence-electron chi connectivity index (χ2n) is 3.77. The molecule has 0 aromatic carbocycles. The molecule has 0 unspecified atom stereocenters. The van der Waals surface area contributed by atoms with Crippen LogP contribution in [-0.2, 0) is 6.54 Å². The van der Waals surface area contributed by atoms with Crippen molar-refractivity contribution < 1.29 is 4.74 Å². The molecule has 0 atom stereocenters. The maximum absolute atomic E-state index is 5.33. The monoisotopic (exact) mass is 264 g/mol. The lowest BCUT2D eigenvalue weighted by molar-refractivity contribution is 0.326. The van der Waals surface area contributed by atoms with E-state index in [0.717, 1.165) is 23.1 Å². The van der Waals surface area contributed by atoms with E-state index in [-0.39, 0.29) is 0 Å². The topological polar surface area (TPSA) is 59.9 Å². The van der Waals surface area contributed by atoms with Crippen LogP contribution in [-0.4, -0.2) is 21.6 Å². The number of hydrogen-bond acceptors (Lipinski definition) is 6. The van der Waals surface area contributed by atoms with Crippen LogP contribution in [0, 0.1) is 13.8 Å². The summed E-state index contributed by atoms with van der Waals surface area (Å²) in [4.78, 5) is 13.8. The standard InChI is InChI=1S/C12H16N4OS/c1-4-17-12-5-11(14-7-15-12)13-6-10-8(2)16-9(3)18-10/h5,7H,4,6H2,1-3H3,(H,13,14,15). The van der Waals surface area contributed by atoms with Crippen molar-refractivity contribution in [2.75, 3.05) is 11.9 Å². The van der Waals surface area contributed by atoms with E-state index in [9.17, 15) is 0 Å². The second-order valence-corrected chi connectivity index (χ2v) is 5.06. The van der Waals surface area contributed by atoms with Crippen molar-refractivity contribution in [3.63, 3.8) is 0 Å². The summed E-state index contributed by atoms with van der Waals surface area (Å²) >= 11 is 1.70. The fourth-order valence-corrected chi connectivity index (χ4v) is 2.45. The molecule has 6 heteroatoms. The van der Waals surface area contributed by atoms with Gasteiger partial charge in [-0.1, -0.05) is 0 Å². The van der Waals surface area contributed by atoms with E-state index in [1.807, 2.05) is 20.8 Å². The molecule has 0 aliphatic rings. The minimum absolute atomic E-state index is 0.590. The SMILES string of the molecule is CCOc1cc(NCc2sc(C)nc2C)ncn1. The van der Waals surface area contributed by atoms with Gasteiger partial charge in [0.05, 0.1) is 23.9 Å². The molecule has 18 heavy (non-hydrogen) atoms. The summed E-state index contributed by atoms with van der Waals surface area (Å²) in [6.45, 7) is 7.29. The molecular formula is C12H16N4OS. The average Bonchev–Trinajstić information content (AvgIpc) is 2.66. The first-order chi connectivity index (χ1) is 8.69. The summed E-state index contributed by atoms with van der Waals surface area (Å²) in [5.74, 6) is 1.35. The Morgan fingerprint density at radius 1 is 1.33 bits per heavy atom. The predicted molar refractivity (Wildman–Crippen MR) is 72.1 cm³/mol. The van der Waals surface area contributed by atoms with Crippen LogP contribution in [0.5, 0.6) is 5.88 Å². The van der Waals surface area contributed by atoms with Crippen LogP contribution in [0.25, 0.3) is 0 Å². The Bertz CT molecular complexity index is 527. The molecule has 0 saturated heterocycles. The molecule has 2 rings (SSSR count). The number of ether oxygens (including phenoxy) is 1. The zero-order valence-electron chi connectivity index (χ0n) is 10.7. The predicted octanol–water partition coefficient (Wildman–Crippen LogP) is 2.56. The summed E-state index contributed by atoms with van der Waals surface area (Å²) in [6.07, 6.45) is 1.50. The van der Waals surface area contributed by atoms with Crippen molar-refractivity contribution in [2.45, 2.75) is 27.3 Å². The van der Waals surface area contributed by atoms with Crippen LogP contribution in [0.2, 0.25) is 0 Å². The third-order valence-electron chi connectivity index (χ3n) is 2.36. The molecule has 0 bridgehead atoms. The Balaban J connectivity index is 2.01. The van der Waals surface area contributed by atoms with Crippen molar-refractivity contribution in [2.24, 2.45) is 0 Å². The fourth-order valence-electron chi connectivity index (χ4n) is 1.57. The Morgan fingerprint density at radius 2 is 2.17 bits per heavy atom. The van der Waals surface area contributed by atoms with Crippen LogP contribution >= 0.6 is 11.3 Å². The van der Waals surface area contributed by atoms with Gasteiger partial charge in [-0.25, -0.2) is 15.0 Å². The van der Waals surface area contributed by atoms with Gasteiger partial charge in [0.1, 0.15) is 12.1 Å². The van der Waals surface area contributed by atoms with Gasteiger partial charge in [0.2, 0.25) is 5.88 Å². The summed E-state index contributed by atoms with van der Waals surface area (Å²) < 4.78 is 5.33. The first-order valence-electron chi connectivity index (χ1n) is 5.80. The number of nitrogens with zero attached hydrogens (tertiary/aromatic N) is 3. The van der Waals surface area contributed by atoms with E-state index < -0.39 is 0 Å². The maximum atomic E-state index is 5.33. The van der Waals surface area contributed by atoms with Crippen molar-refractivity contribution in [3.05, 3.63) is 28.0 Å². The third kappa shape index (κ3) is 3.16. The molecule has 0 saturated carbocycles. The van der Waals surface area contributed by atoms with Crippen LogP contribution in [0.15, 0.2) is 12.4 Å². The lowest BCUT2D eigenvalue weighted by atomic mass is 10.4. The number of aromatic nitrogens is 3. The van der Waals surface area contributed by atoms with E-state index in [2.05, 4.69) is 20.3 Å². The van der Waals surface area contributed by atoms with Crippen molar-refractivity contribution in [1.29, 1.82) is 0 Å². The number of anilines is 1. The van der Waals surface area contributed by atoms with Crippen molar-refractivity contribution >= 4 is 17.2 Å². The van der Waals surface area contributed by atoms with E-state index in [1.165, 1.54) is 11.2 Å². The van der Waals surface area contributed by atoms with E-state index >= 15 is 0 Å². The highest BCUT2D eigenvalue weighted by molar-refractivity contribution is 7.11. The van der Waals surface area contributed by atoms with Crippen LogP contribution in [0.1, 0.15) is 22.5 Å². The first-order valence-corrected chi connectivity index (χ1v) is 6.62. The third-order valence-corrected chi connectivity index (χ3v) is 3.44. The highest BCUT2D eigenvalue weighted by Gasteiger charge is 2.05. The zero-order chi connectivity index (χ0) is 13.0. The Morgan fingerprint density at radius 3 is 2.83 bits per heavy atom. The fraction of sp³-hybridized carbons (Fsp3) is 0.417. The highest BCUT2D eigenvalue weighted by Crippen LogP contribution is 2.19. The number of rotatable bonds is 5. The molecular weight excluding hydrogens is 248 g/mol. The summed E-state index contributed by atoms with van der Waals surface area (Å²) in [6, 6.07) is 1.80. The molecule has 0 spiro atoms. The average molecular weight is 264 g/mol. The van der Waals surface area contributed by atoms with Gasteiger partial charge in [0, 0.05) is 10.9 Å². The van der Waals surface area contributed by atoms with Crippen molar-refractivity contribution in [3.8, 4) is 5.88 Å². The molecule has 0 aliphatic heterocycles. The van der Waals surface area contributed by atoms with E-state index in [1.54, 1.807) is 17.4 Å². The first kappa shape index (κ1) is 12.8. The smallest absolute Gasteiger partial charge is 0.218 e. The number of nitrogens with one attached hydrogen (secondary N) is 1. The number of aryl methyl sites for hydroxylation is 2. The number of hydrogen-bond donors (Lipinski definition) is 1. The van der Waals surface area contributed by atoms with Crippen molar-refractivity contribution in [1.82, 2.24) is 15.0 Å². The van der Waals surface area contributed by atoms with Gasteiger partial charge in [0.15, 0.2) is 0 Å². The normalized spacial score (nSPS) is 10.4. The Hall–Kier alpha value is -1.69. The lowest BCUT2D eigenvalue weighted by Gasteiger charge is -2.06. The van der Waals surface area contributed by atoms with E-state index in [4.69, 9.17) is 4.74 Å². The maximum Gasteiger partial charge on any atom is 0.218 e. The highest BCUT2D eigenvalue weighted by atomic mass is 32.1. The van der Waals surface area contributed by atoms with Gasteiger partial charge in [-0.3, -0.25) is 0 Å². The summed E-state index contributed by atoms with van der Waals surface area (Å²) in [7, 11) is 0.